The van der Waals surface area contributed by atoms with E-state index in [4.69, 9.17) is 19.0 Å². The molecule has 0 saturated carbocycles. The SMILES string of the molecule is Cc1oc(-c2ccco2)nc1CN(CCO)CCO. The third-order valence-electron chi connectivity index (χ3n) is 2.83. The molecule has 6 nitrogen and oxygen atoms in total. The van der Waals surface area contributed by atoms with Gasteiger partial charge in [0.2, 0.25) is 0 Å². The van der Waals surface area contributed by atoms with Gasteiger partial charge in [-0.05, 0) is 19.1 Å². The number of furan rings is 1. The molecule has 2 N–H and O–H groups in total. The predicted molar refractivity (Wildman–Crippen MR) is 68.4 cm³/mol. The molecule has 0 radical (unpaired) electrons. The molecule has 0 atom stereocenters. The van der Waals surface area contributed by atoms with Crippen LogP contribution in [0, 0.1) is 6.92 Å². The average molecular weight is 266 g/mol. The molecule has 2 rings (SSSR count). The lowest BCUT2D eigenvalue weighted by molar-refractivity contribution is 0.154. The molecule has 0 saturated heterocycles. The third kappa shape index (κ3) is 3.44. The standard InChI is InChI=1S/C13H18N2O4/c1-10-11(9-15(4-6-16)5-7-17)14-13(19-10)12-3-2-8-18-12/h2-3,8,16-17H,4-7,9H2,1H3. The van der Waals surface area contributed by atoms with Gasteiger partial charge in [-0.25, -0.2) is 4.98 Å². The smallest absolute Gasteiger partial charge is 0.263 e. The van der Waals surface area contributed by atoms with E-state index in [-0.39, 0.29) is 13.2 Å². The van der Waals surface area contributed by atoms with Gasteiger partial charge in [0, 0.05) is 19.6 Å². The number of rotatable bonds is 7. The van der Waals surface area contributed by atoms with Crippen LogP contribution in [0.5, 0.6) is 0 Å². The summed E-state index contributed by atoms with van der Waals surface area (Å²) in [6, 6.07) is 3.56. The van der Waals surface area contributed by atoms with Crippen LogP contribution in [0.3, 0.4) is 0 Å². The van der Waals surface area contributed by atoms with Gasteiger partial charge < -0.3 is 19.0 Å². The predicted octanol–water partition coefficient (Wildman–Crippen LogP) is 1.03. The van der Waals surface area contributed by atoms with E-state index in [1.54, 1.807) is 18.4 Å². The van der Waals surface area contributed by atoms with Crippen LogP contribution in [0.15, 0.2) is 27.2 Å². The first-order valence-corrected chi connectivity index (χ1v) is 6.19. The second-order valence-corrected chi connectivity index (χ2v) is 4.22. The number of hydrogen-bond donors (Lipinski definition) is 2. The van der Waals surface area contributed by atoms with Crippen LogP contribution >= 0.6 is 0 Å². The Morgan fingerprint density at radius 1 is 1.26 bits per heavy atom. The normalized spacial score (nSPS) is 11.4. The Kier molecular flexibility index (Phi) is 4.73. The van der Waals surface area contributed by atoms with Gasteiger partial charge in [0.15, 0.2) is 5.76 Å². The molecule has 0 spiro atoms. The summed E-state index contributed by atoms with van der Waals surface area (Å²) in [5.41, 5.74) is 0.785. The highest BCUT2D eigenvalue weighted by Gasteiger charge is 2.15. The highest BCUT2D eigenvalue weighted by Crippen LogP contribution is 2.22. The first-order chi connectivity index (χ1) is 9.24. The maximum atomic E-state index is 8.98. The van der Waals surface area contributed by atoms with Gasteiger partial charge in [0.25, 0.3) is 5.89 Å². The molecule has 2 aromatic heterocycles. The molecule has 0 bridgehead atoms. The number of aromatic nitrogens is 1. The molecule has 6 heteroatoms. The maximum Gasteiger partial charge on any atom is 0.263 e. The molecule has 2 heterocycles. The van der Waals surface area contributed by atoms with Crippen LogP contribution in [0.1, 0.15) is 11.5 Å². The lowest BCUT2D eigenvalue weighted by Gasteiger charge is -2.18. The summed E-state index contributed by atoms with van der Waals surface area (Å²) in [5, 5.41) is 18.0. The van der Waals surface area contributed by atoms with Crippen molar-refractivity contribution in [3.8, 4) is 11.7 Å². The quantitative estimate of drug-likeness (QED) is 0.779. The van der Waals surface area contributed by atoms with Crippen LogP contribution in [0.25, 0.3) is 11.7 Å². The Hall–Kier alpha value is -1.63. The molecule has 104 valence electrons. The van der Waals surface area contributed by atoms with Crippen LogP contribution in [0.4, 0.5) is 0 Å². The molecule has 19 heavy (non-hydrogen) atoms. The summed E-state index contributed by atoms with van der Waals surface area (Å²) >= 11 is 0. The zero-order valence-electron chi connectivity index (χ0n) is 10.9. The monoisotopic (exact) mass is 266 g/mol. The lowest BCUT2D eigenvalue weighted by Crippen LogP contribution is -2.29. The van der Waals surface area contributed by atoms with E-state index < -0.39 is 0 Å². The summed E-state index contributed by atoms with van der Waals surface area (Å²) in [6.07, 6.45) is 1.57. The van der Waals surface area contributed by atoms with Crippen molar-refractivity contribution in [1.29, 1.82) is 0 Å². The van der Waals surface area contributed by atoms with E-state index in [0.29, 0.717) is 37.0 Å². The number of aliphatic hydroxyl groups is 2. The van der Waals surface area contributed by atoms with Crippen molar-refractivity contribution < 1.29 is 19.0 Å². The van der Waals surface area contributed by atoms with Crippen molar-refractivity contribution in [3.63, 3.8) is 0 Å². The molecule has 2 aromatic rings. The first kappa shape index (κ1) is 13.8. The van der Waals surface area contributed by atoms with Gasteiger partial charge in [0.1, 0.15) is 5.76 Å². The summed E-state index contributed by atoms with van der Waals surface area (Å²) in [4.78, 5) is 6.30. The van der Waals surface area contributed by atoms with Gasteiger partial charge in [0.05, 0.1) is 25.2 Å². The Balaban J connectivity index is 2.11. The summed E-state index contributed by atoms with van der Waals surface area (Å²) in [7, 11) is 0. The second kappa shape index (κ2) is 6.51. The zero-order chi connectivity index (χ0) is 13.7. The van der Waals surface area contributed by atoms with Crippen LogP contribution in [-0.2, 0) is 6.54 Å². The third-order valence-corrected chi connectivity index (χ3v) is 2.83. The molecule has 0 aliphatic carbocycles. The van der Waals surface area contributed by atoms with E-state index >= 15 is 0 Å². The van der Waals surface area contributed by atoms with Gasteiger partial charge in [-0.2, -0.15) is 0 Å². The molecule has 0 aliphatic heterocycles. The van der Waals surface area contributed by atoms with Gasteiger partial charge >= 0.3 is 0 Å². The first-order valence-electron chi connectivity index (χ1n) is 6.19. The Bertz CT molecular complexity index is 487. The largest absolute Gasteiger partial charge is 0.459 e. The number of aliphatic hydroxyl groups excluding tert-OH is 2. The van der Waals surface area contributed by atoms with E-state index in [1.165, 1.54) is 0 Å². The van der Waals surface area contributed by atoms with Crippen LogP contribution < -0.4 is 0 Å². The van der Waals surface area contributed by atoms with E-state index in [0.717, 1.165) is 5.69 Å². The lowest BCUT2D eigenvalue weighted by atomic mass is 10.3. The minimum Gasteiger partial charge on any atom is -0.459 e. The Labute approximate surface area is 111 Å². The fraction of sp³-hybridized carbons (Fsp3) is 0.462. The summed E-state index contributed by atoms with van der Waals surface area (Å²) < 4.78 is 10.8. The molecule has 0 unspecified atom stereocenters. The van der Waals surface area contributed by atoms with E-state index in [9.17, 15) is 0 Å². The highest BCUT2D eigenvalue weighted by atomic mass is 16.4. The van der Waals surface area contributed by atoms with Crippen molar-refractivity contribution >= 4 is 0 Å². The zero-order valence-corrected chi connectivity index (χ0v) is 10.9. The average Bonchev–Trinajstić information content (AvgIpc) is 3.00. The van der Waals surface area contributed by atoms with Crippen molar-refractivity contribution in [1.82, 2.24) is 9.88 Å². The van der Waals surface area contributed by atoms with Crippen molar-refractivity contribution in [2.45, 2.75) is 13.5 Å². The fourth-order valence-corrected chi connectivity index (χ4v) is 1.84. The topological polar surface area (TPSA) is 82.9 Å². The Morgan fingerprint density at radius 2 is 2.00 bits per heavy atom. The van der Waals surface area contributed by atoms with Crippen LogP contribution in [-0.4, -0.2) is 46.4 Å². The van der Waals surface area contributed by atoms with Crippen LogP contribution in [0.2, 0.25) is 0 Å². The minimum atomic E-state index is 0.0436. The fourth-order valence-electron chi connectivity index (χ4n) is 1.84. The van der Waals surface area contributed by atoms with Gasteiger partial charge in [-0.15, -0.1) is 0 Å². The molecular formula is C13H18N2O4. The molecule has 0 fully saturated rings. The Morgan fingerprint density at radius 3 is 2.58 bits per heavy atom. The minimum absolute atomic E-state index is 0.0436. The van der Waals surface area contributed by atoms with E-state index in [1.807, 2.05) is 11.8 Å². The number of aryl methyl sites for hydroxylation is 1. The second-order valence-electron chi connectivity index (χ2n) is 4.22. The number of nitrogens with zero attached hydrogens (tertiary/aromatic N) is 2. The van der Waals surface area contributed by atoms with Gasteiger partial charge in [-0.3, -0.25) is 4.90 Å². The van der Waals surface area contributed by atoms with Crippen molar-refractivity contribution in [2.75, 3.05) is 26.3 Å². The molecule has 0 amide bonds. The summed E-state index contributed by atoms with van der Waals surface area (Å²) in [6.45, 7) is 3.43. The highest BCUT2D eigenvalue weighted by molar-refractivity contribution is 5.44. The number of oxazole rings is 1. The van der Waals surface area contributed by atoms with Crippen molar-refractivity contribution in [2.24, 2.45) is 0 Å². The van der Waals surface area contributed by atoms with Crippen molar-refractivity contribution in [3.05, 3.63) is 29.9 Å². The summed E-state index contributed by atoms with van der Waals surface area (Å²) in [5.74, 6) is 1.75. The molecular weight excluding hydrogens is 248 g/mol. The van der Waals surface area contributed by atoms with Gasteiger partial charge in [-0.1, -0.05) is 0 Å². The maximum absolute atomic E-state index is 8.98. The molecule has 0 aromatic carbocycles. The van der Waals surface area contributed by atoms with E-state index in [2.05, 4.69) is 4.98 Å². The number of hydrogen-bond acceptors (Lipinski definition) is 6. The molecule has 0 aliphatic rings.